The summed E-state index contributed by atoms with van der Waals surface area (Å²) < 4.78 is 40.2. The number of nitrogens with zero attached hydrogens (tertiary/aromatic N) is 3. The summed E-state index contributed by atoms with van der Waals surface area (Å²) in [4.78, 5) is 2.15. The van der Waals surface area contributed by atoms with Crippen molar-refractivity contribution in [2.24, 2.45) is 0 Å². The zero-order valence-corrected chi connectivity index (χ0v) is 20.7. The summed E-state index contributed by atoms with van der Waals surface area (Å²) in [5.41, 5.74) is 2.97. The van der Waals surface area contributed by atoms with Crippen LogP contribution in [0.3, 0.4) is 0 Å². The smallest absolute Gasteiger partial charge is 0.182 e. The number of benzene rings is 2. The highest BCUT2D eigenvalue weighted by Gasteiger charge is 2.35. The van der Waals surface area contributed by atoms with Crippen LogP contribution in [0, 0.1) is 18.6 Å². The maximum Gasteiger partial charge on any atom is 0.182 e. The third kappa shape index (κ3) is 6.08. The SMILES string of the molecule is COCCN1CC(NC(O)Nc2c(C)c(COC)nn2-c2ccccc2)C(c2cc(F)cc(F)c2)C1. The Morgan fingerprint density at radius 1 is 1.08 bits per heavy atom. The second kappa shape index (κ2) is 11.9. The highest BCUT2D eigenvalue weighted by molar-refractivity contribution is 5.53. The van der Waals surface area contributed by atoms with Crippen molar-refractivity contribution in [3.63, 3.8) is 0 Å². The first-order valence-electron chi connectivity index (χ1n) is 11.9. The molecule has 1 aliphatic rings. The van der Waals surface area contributed by atoms with Crippen LogP contribution in [-0.4, -0.2) is 72.6 Å². The number of likely N-dealkylation sites (tertiary alicyclic amines) is 1. The van der Waals surface area contributed by atoms with E-state index in [1.54, 1.807) is 18.9 Å². The van der Waals surface area contributed by atoms with Gasteiger partial charge in [-0.25, -0.2) is 13.5 Å². The average molecular weight is 502 g/mol. The van der Waals surface area contributed by atoms with E-state index < -0.39 is 18.0 Å². The van der Waals surface area contributed by atoms with Gasteiger partial charge in [-0.05, 0) is 36.8 Å². The molecule has 10 heteroatoms. The van der Waals surface area contributed by atoms with Crippen molar-refractivity contribution in [3.05, 3.63) is 77.0 Å². The second-order valence-electron chi connectivity index (χ2n) is 8.98. The highest BCUT2D eigenvalue weighted by Crippen LogP contribution is 2.30. The minimum Gasteiger partial charge on any atom is -0.383 e. The maximum atomic E-state index is 14.0. The van der Waals surface area contributed by atoms with E-state index in [9.17, 15) is 13.9 Å². The molecule has 0 saturated carbocycles. The monoisotopic (exact) mass is 501 g/mol. The lowest BCUT2D eigenvalue weighted by molar-refractivity contribution is 0.139. The average Bonchev–Trinajstić information content (AvgIpc) is 3.39. The van der Waals surface area contributed by atoms with Gasteiger partial charge in [0, 0.05) is 57.4 Å². The van der Waals surface area contributed by atoms with E-state index in [2.05, 4.69) is 20.6 Å². The van der Waals surface area contributed by atoms with Crippen LogP contribution in [-0.2, 0) is 16.1 Å². The van der Waals surface area contributed by atoms with Gasteiger partial charge < -0.3 is 19.9 Å². The zero-order valence-electron chi connectivity index (χ0n) is 20.7. The van der Waals surface area contributed by atoms with Crippen LogP contribution in [0.15, 0.2) is 48.5 Å². The number of rotatable bonds is 11. The molecular formula is C26H33F2N5O3. The first-order chi connectivity index (χ1) is 17.4. The molecule has 0 bridgehead atoms. The quantitative estimate of drug-likeness (QED) is 0.349. The Labute approximate surface area is 209 Å². The Bertz CT molecular complexity index is 1120. The molecule has 3 atom stereocenters. The van der Waals surface area contributed by atoms with Gasteiger partial charge in [0.1, 0.15) is 17.5 Å². The van der Waals surface area contributed by atoms with Crippen LogP contribution >= 0.6 is 0 Å². The molecule has 8 nitrogen and oxygen atoms in total. The Balaban J connectivity index is 1.56. The normalized spacial score (nSPS) is 19.1. The number of para-hydroxylation sites is 1. The molecule has 1 aromatic heterocycles. The van der Waals surface area contributed by atoms with E-state index >= 15 is 0 Å². The fraction of sp³-hybridized carbons (Fsp3) is 0.423. The molecule has 0 amide bonds. The minimum absolute atomic E-state index is 0.229. The Morgan fingerprint density at radius 3 is 2.47 bits per heavy atom. The van der Waals surface area contributed by atoms with Crippen molar-refractivity contribution in [2.45, 2.75) is 31.8 Å². The summed E-state index contributed by atoms with van der Waals surface area (Å²) in [6, 6.07) is 12.9. The van der Waals surface area contributed by atoms with Gasteiger partial charge >= 0.3 is 0 Å². The number of ether oxygens (including phenoxy) is 2. The summed E-state index contributed by atoms with van der Waals surface area (Å²) >= 11 is 0. The first-order valence-corrected chi connectivity index (χ1v) is 11.9. The van der Waals surface area contributed by atoms with Gasteiger partial charge in [0.2, 0.25) is 0 Å². The summed E-state index contributed by atoms with van der Waals surface area (Å²) in [7, 11) is 3.24. The van der Waals surface area contributed by atoms with E-state index in [4.69, 9.17) is 9.47 Å². The van der Waals surface area contributed by atoms with Gasteiger partial charge in [-0.3, -0.25) is 10.2 Å². The Kier molecular flexibility index (Phi) is 8.65. The lowest BCUT2D eigenvalue weighted by atomic mass is 9.94. The first kappa shape index (κ1) is 26.2. The van der Waals surface area contributed by atoms with Crippen molar-refractivity contribution in [2.75, 3.05) is 45.8 Å². The van der Waals surface area contributed by atoms with Gasteiger partial charge in [0.15, 0.2) is 6.35 Å². The number of aliphatic hydroxyl groups is 1. The maximum absolute atomic E-state index is 14.0. The lowest BCUT2D eigenvalue weighted by Crippen LogP contribution is -2.46. The van der Waals surface area contributed by atoms with E-state index in [1.807, 2.05) is 37.3 Å². The van der Waals surface area contributed by atoms with Crippen LogP contribution in [0.4, 0.5) is 14.6 Å². The number of methoxy groups -OCH3 is 2. The fourth-order valence-electron chi connectivity index (χ4n) is 4.70. The van der Waals surface area contributed by atoms with E-state index in [0.717, 1.165) is 23.0 Å². The van der Waals surface area contributed by atoms with Crippen molar-refractivity contribution in [1.29, 1.82) is 0 Å². The summed E-state index contributed by atoms with van der Waals surface area (Å²) in [6.07, 6.45) is -1.15. The van der Waals surface area contributed by atoms with Crippen LogP contribution in [0.25, 0.3) is 5.69 Å². The number of hydrogen-bond acceptors (Lipinski definition) is 7. The second-order valence-corrected chi connectivity index (χ2v) is 8.98. The van der Waals surface area contributed by atoms with Gasteiger partial charge in [0.05, 0.1) is 24.6 Å². The molecule has 36 heavy (non-hydrogen) atoms. The predicted octanol–water partition coefficient (Wildman–Crippen LogP) is 3.00. The van der Waals surface area contributed by atoms with Gasteiger partial charge in [-0.15, -0.1) is 0 Å². The minimum atomic E-state index is -1.15. The number of hydrogen-bond donors (Lipinski definition) is 3. The molecular weight excluding hydrogens is 468 g/mol. The number of aromatic nitrogens is 2. The van der Waals surface area contributed by atoms with Crippen LogP contribution in [0.5, 0.6) is 0 Å². The zero-order chi connectivity index (χ0) is 25.7. The van der Waals surface area contributed by atoms with Crippen LogP contribution < -0.4 is 10.6 Å². The largest absolute Gasteiger partial charge is 0.383 e. The molecule has 1 fully saturated rings. The molecule has 2 aromatic carbocycles. The fourth-order valence-corrected chi connectivity index (χ4v) is 4.70. The summed E-state index contributed by atoms with van der Waals surface area (Å²) in [6.45, 7) is 4.61. The molecule has 0 spiro atoms. The van der Waals surface area contributed by atoms with Crippen molar-refractivity contribution >= 4 is 5.82 Å². The Morgan fingerprint density at radius 2 is 1.81 bits per heavy atom. The molecule has 4 rings (SSSR count). The predicted molar refractivity (Wildman–Crippen MR) is 133 cm³/mol. The highest BCUT2D eigenvalue weighted by atomic mass is 19.1. The standard InChI is InChI=1S/C26H33F2N5O3/c1-17-24(16-36-3)31-33(21-7-5-4-6-8-21)25(17)30-26(34)29-23-15-32(9-10-35-2)14-22(23)18-11-19(27)13-20(28)12-18/h4-8,11-13,22-23,26,29-30,34H,9-10,14-16H2,1-3H3. The van der Waals surface area contributed by atoms with Crippen molar-refractivity contribution in [3.8, 4) is 5.69 Å². The summed E-state index contributed by atoms with van der Waals surface area (Å²) in [5, 5.41) is 22.1. The molecule has 2 heterocycles. The number of anilines is 1. The molecule has 0 aliphatic carbocycles. The van der Waals surface area contributed by atoms with Gasteiger partial charge in [-0.1, -0.05) is 18.2 Å². The van der Waals surface area contributed by atoms with Gasteiger partial charge in [0.25, 0.3) is 0 Å². The van der Waals surface area contributed by atoms with Crippen molar-refractivity contribution < 1.29 is 23.4 Å². The molecule has 3 aromatic rings. The lowest BCUT2D eigenvalue weighted by Gasteiger charge is -2.25. The van der Waals surface area contributed by atoms with E-state index in [-0.39, 0.29) is 12.0 Å². The topological polar surface area (TPSA) is 83.8 Å². The molecule has 1 saturated heterocycles. The summed E-state index contributed by atoms with van der Waals surface area (Å²) in [5.74, 6) is -0.847. The Hall–Kier alpha value is -2.89. The van der Waals surface area contributed by atoms with Gasteiger partial charge in [-0.2, -0.15) is 5.10 Å². The number of halogens is 2. The molecule has 0 radical (unpaired) electrons. The van der Waals surface area contributed by atoms with Crippen LogP contribution in [0.2, 0.25) is 0 Å². The molecule has 1 aliphatic heterocycles. The third-order valence-corrected chi connectivity index (χ3v) is 6.47. The number of aliphatic hydroxyl groups excluding tert-OH is 1. The van der Waals surface area contributed by atoms with E-state index in [1.165, 1.54) is 12.1 Å². The number of nitrogens with one attached hydrogen (secondary N) is 2. The third-order valence-electron chi connectivity index (χ3n) is 6.47. The molecule has 194 valence electrons. The molecule has 3 N–H and O–H groups in total. The van der Waals surface area contributed by atoms with Crippen LogP contribution in [0.1, 0.15) is 22.7 Å². The van der Waals surface area contributed by atoms with Crippen molar-refractivity contribution in [1.82, 2.24) is 20.0 Å². The molecule has 3 unspecified atom stereocenters. The van der Waals surface area contributed by atoms with E-state index in [0.29, 0.717) is 44.2 Å².